The van der Waals surface area contributed by atoms with Crippen molar-refractivity contribution in [3.8, 4) is 5.75 Å². The number of rotatable bonds is 6. The standard InChI is InChI=1S/C21H24N2O4/c1-26-18-9-6-16(7-10-18)8-11-20(24)23-12-2-4-17(15-23)14-22-21(25)19-5-3-13-27-19/h3,5-11,13,17H,2,4,12,14-15H2,1H3,(H,22,25)/b11-8+/t17-/m0/s1. The first kappa shape index (κ1) is 18.8. The van der Waals surface area contributed by atoms with Crippen LogP contribution in [0.25, 0.3) is 6.08 Å². The van der Waals surface area contributed by atoms with Gasteiger partial charge in [-0.1, -0.05) is 12.1 Å². The molecule has 0 unspecified atom stereocenters. The Kier molecular flexibility index (Phi) is 6.30. The monoisotopic (exact) mass is 368 g/mol. The van der Waals surface area contributed by atoms with Gasteiger partial charge in [-0.15, -0.1) is 0 Å². The number of piperidine rings is 1. The van der Waals surface area contributed by atoms with E-state index in [9.17, 15) is 9.59 Å². The van der Waals surface area contributed by atoms with Crippen LogP contribution in [0.1, 0.15) is 29.0 Å². The maximum absolute atomic E-state index is 12.5. The van der Waals surface area contributed by atoms with Gasteiger partial charge in [-0.25, -0.2) is 0 Å². The van der Waals surface area contributed by atoms with E-state index in [0.29, 0.717) is 18.8 Å². The molecule has 2 heterocycles. The van der Waals surface area contributed by atoms with E-state index < -0.39 is 0 Å². The lowest BCUT2D eigenvalue weighted by atomic mass is 9.98. The van der Waals surface area contributed by atoms with E-state index >= 15 is 0 Å². The Balaban J connectivity index is 1.49. The molecule has 1 aliphatic rings. The highest BCUT2D eigenvalue weighted by Crippen LogP contribution is 2.17. The predicted octanol–water partition coefficient (Wildman–Crippen LogP) is 2.97. The minimum absolute atomic E-state index is 0.00659. The Morgan fingerprint density at radius 3 is 2.81 bits per heavy atom. The van der Waals surface area contributed by atoms with Crippen LogP contribution in [-0.4, -0.2) is 43.5 Å². The maximum atomic E-state index is 12.5. The van der Waals surface area contributed by atoms with Gasteiger partial charge in [0.15, 0.2) is 5.76 Å². The van der Waals surface area contributed by atoms with Crippen molar-refractivity contribution < 1.29 is 18.7 Å². The molecule has 142 valence electrons. The van der Waals surface area contributed by atoms with Crippen LogP contribution < -0.4 is 10.1 Å². The Morgan fingerprint density at radius 1 is 1.30 bits per heavy atom. The molecule has 0 aliphatic carbocycles. The van der Waals surface area contributed by atoms with Crippen molar-refractivity contribution >= 4 is 17.9 Å². The summed E-state index contributed by atoms with van der Waals surface area (Å²) in [5.74, 6) is 1.11. The Morgan fingerprint density at radius 2 is 2.11 bits per heavy atom. The molecule has 0 spiro atoms. The third kappa shape index (κ3) is 5.23. The third-order valence-electron chi connectivity index (χ3n) is 4.66. The maximum Gasteiger partial charge on any atom is 0.286 e. The number of carbonyl (C=O) groups excluding carboxylic acids is 2. The van der Waals surface area contributed by atoms with Crippen LogP contribution in [0, 0.1) is 5.92 Å². The van der Waals surface area contributed by atoms with E-state index in [2.05, 4.69) is 5.32 Å². The quantitative estimate of drug-likeness (QED) is 0.796. The van der Waals surface area contributed by atoms with Gasteiger partial charge < -0.3 is 19.4 Å². The van der Waals surface area contributed by atoms with E-state index in [4.69, 9.17) is 9.15 Å². The molecule has 6 heteroatoms. The highest BCUT2D eigenvalue weighted by Gasteiger charge is 2.23. The lowest BCUT2D eigenvalue weighted by Gasteiger charge is -2.32. The van der Waals surface area contributed by atoms with Crippen LogP contribution in [-0.2, 0) is 4.79 Å². The molecular weight excluding hydrogens is 344 g/mol. The van der Waals surface area contributed by atoms with Crippen LogP contribution in [0.5, 0.6) is 5.75 Å². The summed E-state index contributed by atoms with van der Waals surface area (Å²) in [4.78, 5) is 26.3. The zero-order valence-electron chi connectivity index (χ0n) is 15.4. The first-order valence-electron chi connectivity index (χ1n) is 9.08. The first-order valence-corrected chi connectivity index (χ1v) is 9.08. The first-order chi connectivity index (χ1) is 13.2. The number of carbonyl (C=O) groups is 2. The van der Waals surface area contributed by atoms with Gasteiger partial charge in [-0.2, -0.15) is 0 Å². The lowest BCUT2D eigenvalue weighted by molar-refractivity contribution is -0.127. The minimum atomic E-state index is -0.220. The molecule has 27 heavy (non-hydrogen) atoms. The number of likely N-dealkylation sites (tertiary alicyclic amines) is 1. The minimum Gasteiger partial charge on any atom is -0.497 e. The van der Waals surface area contributed by atoms with Crippen molar-refractivity contribution in [3.63, 3.8) is 0 Å². The van der Waals surface area contributed by atoms with Crippen LogP contribution in [0.3, 0.4) is 0 Å². The van der Waals surface area contributed by atoms with Crippen molar-refractivity contribution in [1.29, 1.82) is 0 Å². The highest BCUT2D eigenvalue weighted by atomic mass is 16.5. The van der Waals surface area contributed by atoms with Gasteiger partial charge in [0.05, 0.1) is 13.4 Å². The zero-order valence-corrected chi connectivity index (χ0v) is 15.4. The summed E-state index contributed by atoms with van der Waals surface area (Å²) in [6.45, 7) is 1.92. The van der Waals surface area contributed by atoms with E-state index in [1.807, 2.05) is 35.2 Å². The number of furan rings is 1. The van der Waals surface area contributed by atoms with Crippen molar-refractivity contribution in [2.45, 2.75) is 12.8 Å². The number of amides is 2. The van der Waals surface area contributed by atoms with Gasteiger partial charge in [0.1, 0.15) is 5.75 Å². The topological polar surface area (TPSA) is 71.8 Å². The predicted molar refractivity (Wildman–Crippen MR) is 102 cm³/mol. The van der Waals surface area contributed by atoms with Crippen LogP contribution >= 0.6 is 0 Å². The molecule has 1 aromatic carbocycles. The molecule has 0 bridgehead atoms. The SMILES string of the molecule is COc1ccc(/C=C/C(=O)N2CCC[C@@H](CNC(=O)c3ccco3)C2)cc1. The number of methoxy groups -OCH3 is 1. The van der Waals surface area contributed by atoms with Crippen molar-refractivity contribution in [2.24, 2.45) is 5.92 Å². The van der Waals surface area contributed by atoms with Crippen molar-refractivity contribution in [2.75, 3.05) is 26.7 Å². The van der Waals surface area contributed by atoms with Crippen LogP contribution in [0.15, 0.2) is 53.2 Å². The van der Waals surface area contributed by atoms with Gasteiger partial charge in [0, 0.05) is 25.7 Å². The van der Waals surface area contributed by atoms with Gasteiger partial charge in [-0.3, -0.25) is 9.59 Å². The van der Waals surface area contributed by atoms with Gasteiger partial charge in [0.25, 0.3) is 5.91 Å². The van der Waals surface area contributed by atoms with Crippen molar-refractivity contribution in [3.05, 3.63) is 60.1 Å². The molecule has 1 aliphatic heterocycles. The molecule has 1 saturated heterocycles. The molecule has 1 fully saturated rings. The Labute approximate surface area is 158 Å². The summed E-state index contributed by atoms with van der Waals surface area (Å²) < 4.78 is 10.2. The molecular formula is C21H24N2O4. The number of benzene rings is 1. The number of nitrogens with one attached hydrogen (secondary N) is 1. The molecule has 1 aromatic heterocycles. The van der Waals surface area contributed by atoms with E-state index in [1.165, 1.54) is 6.26 Å². The van der Waals surface area contributed by atoms with Crippen molar-refractivity contribution in [1.82, 2.24) is 10.2 Å². The average molecular weight is 368 g/mol. The van der Waals surface area contributed by atoms with Crippen LogP contribution in [0.2, 0.25) is 0 Å². The fraction of sp³-hybridized carbons (Fsp3) is 0.333. The summed E-state index contributed by atoms with van der Waals surface area (Å²) in [6.07, 6.45) is 6.81. The lowest BCUT2D eigenvalue weighted by Crippen LogP contribution is -2.43. The molecule has 1 atom stereocenters. The fourth-order valence-corrected chi connectivity index (χ4v) is 3.15. The molecule has 6 nitrogen and oxygen atoms in total. The summed E-state index contributed by atoms with van der Waals surface area (Å²) >= 11 is 0. The number of hydrogen-bond donors (Lipinski definition) is 1. The van der Waals surface area contributed by atoms with E-state index in [1.54, 1.807) is 25.3 Å². The zero-order chi connectivity index (χ0) is 19.1. The second-order valence-electron chi connectivity index (χ2n) is 6.59. The highest BCUT2D eigenvalue weighted by molar-refractivity contribution is 5.92. The molecule has 2 amide bonds. The van der Waals surface area contributed by atoms with Gasteiger partial charge in [-0.05, 0) is 54.7 Å². The summed E-state index contributed by atoms with van der Waals surface area (Å²) in [7, 11) is 1.62. The normalized spacial score (nSPS) is 17.1. The Bertz CT molecular complexity index is 781. The number of ether oxygens (including phenoxy) is 1. The Hall–Kier alpha value is -3.02. The molecule has 0 radical (unpaired) electrons. The van der Waals surface area contributed by atoms with E-state index in [0.717, 1.165) is 30.7 Å². The smallest absolute Gasteiger partial charge is 0.286 e. The third-order valence-corrected chi connectivity index (χ3v) is 4.66. The molecule has 1 N–H and O–H groups in total. The van der Waals surface area contributed by atoms with Gasteiger partial charge in [0.2, 0.25) is 5.91 Å². The van der Waals surface area contributed by atoms with Gasteiger partial charge >= 0.3 is 0 Å². The number of nitrogens with zero attached hydrogens (tertiary/aromatic N) is 1. The number of hydrogen-bond acceptors (Lipinski definition) is 4. The molecule has 3 rings (SSSR count). The summed E-state index contributed by atoms with van der Waals surface area (Å²) in [5.41, 5.74) is 0.948. The second kappa shape index (κ2) is 9.07. The average Bonchev–Trinajstić information content (AvgIpc) is 3.26. The fourth-order valence-electron chi connectivity index (χ4n) is 3.15. The largest absolute Gasteiger partial charge is 0.497 e. The summed E-state index contributed by atoms with van der Waals surface area (Å²) in [5, 5.41) is 2.88. The second-order valence-corrected chi connectivity index (χ2v) is 6.59. The summed E-state index contributed by atoms with van der Waals surface area (Å²) in [6, 6.07) is 10.9. The molecule has 0 saturated carbocycles. The molecule has 2 aromatic rings. The van der Waals surface area contributed by atoms with Crippen LogP contribution in [0.4, 0.5) is 0 Å². The van der Waals surface area contributed by atoms with E-state index in [-0.39, 0.29) is 17.7 Å².